The van der Waals surface area contributed by atoms with E-state index in [-0.39, 0.29) is 5.69 Å². The summed E-state index contributed by atoms with van der Waals surface area (Å²) in [5.74, 6) is 5.28. The van der Waals surface area contributed by atoms with Crippen molar-refractivity contribution in [2.45, 2.75) is 6.54 Å². The van der Waals surface area contributed by atoms with Gasteiger partial charge in [-0.15, -0.1) is 9.89 Å². The van der Waals surface area contributed by atoms with Crippen LogP contribution in [0, 0.1) is 0 Å². The molecule has 0 unspecified atom stereocenters. The first kappa shape index (κ1) is 9.97. The van der Waals surface area contributed by atoms with Crippen molar-refractivity contribution >= 4 is 15.9 Å². The molecule has 0 bridgehead atoms. The van der Waals surface area contributed by atoms with E-state index in [1.807, 2.05) is 24.3 Å². The number of nitrogen functional groups attached to an aromatic ring is 1. The summed E-state index contributed by atoms with van der Waals surface area (Å²) in [6, 6.07) is 7.72. The van der Waals surface area contributed by atoms with E-state index in [0.717, 1.165) is 14.8 Å². The lowest BCUT2D eigenvalue weighted by atomic mass is 10.2. The largest absolute Gasteiger partial charge is 0.365 e. The van der Waals surface area contributed by atoms with E-state index in [9.17, 15) is 4.79 Å². The van der Waals surface area contributed by atoms with Gasteiger partial charge in [0.2, 0.25) is 0 Å². The Hall–Kier alpha value is -1.56. The normalized spacial score (nSPS) is 10.5. The molecule has 0 spiro atoms. The fourth-order valence-corrected chi connectivity index (χ4v) is 1.51. The number of aromatic nitrogens is 3. The molecule has 0 amide bonds. The molecule has 15 heavy (non-hydrogen) atoms. The third-order valence-electron chi connectivity index (χ3n) is 2.02. The van der Waals surface area contributed by atoms with Crippen LogP contribution in [-0.4, -0.2) is 14.5 Å². The van der Waals surface area contributed by atoms with Gasteiger partial charge in [0.1, 0.15) is 6.33 Å². The molecule has 1 aromatic heterocycles. The molecule has 6 heteroatoms. The van der Waals surface area contributed by atoms with Crippen molar-refractivity contribution in [2.24, 2.45) is 0 Å². The molecule has 2 aromatic rings. The molecule has 0 aliphatic rings. The fraction of sp³-hybridized carbons (Fsp3) is 0.111. The van der Waals surface area contributed by atoms with Crippen LogP contribution in [0.1, 0.15) is 5.56 Å². The van der Waals surface area contributed by atoms with Crippen LogP contribution in [0.25, 0.3) is 0 Å². The number of hydrogen-bond donors (Lipinski definition) is 1. The summed E-state index contributed by atoms with van der Waals surface area (Å²) in [6.45, 7) is 0.476. The van der Waals surface area contributed by atoms with Gasteiger partial charge in [-0.1, -0.05) is 28.1 Å². The van der Waals surface area contributed by atoms with Crippen LogP contribution in [0.4, 0.5) is 0 Å². The standard InChI is InChI=1S/C9H9BrN4O/c10-8-3-1-7(2-4-8)5-13-6-12-14(11)9(13)15/h1-4,6H,5,11H2. The lowest BCUT2D eigenvalue weighted by Crippen LogP contribution is -2.30. The molecule has 0 aliphatic carbocycles. The van der Waals surface area contributed by atoms with Gasteiger partial charge >= 0.3 is 5.69 Å². The molecule has 2 N–H and O–H groups in total. The summed E-state index contributed by atoms with van der Waals surface area (Å²) in [4.78, 5) is 12.2. The summed E-state index contributed by atoms with van der Waals surface area (Å²) in [5, 5.41) is 3.67. The lowest BCUT2D eigenvalue weighted by Gasteiger charge is -2.00. The van der Waals surface area contributed by atoms with Gasteiger partial charge in [-0.25, -0.2) is 4.79 Å². The predicted octanol–water partition coefficient (Wildman–Crippen LogP) is 0.569. The second-order valence-electron chi connectivity index (χ2n) is 3.11. The first-order valence-electron chi connectivity index (χ1n) is 4.31. The number of rotatable bonds is 2. The van der Waals surface area contributed by atoms with Gasteiger partial charge in [0, 0.05) is 4.47 Å². The summed E-state index contributed by atoms with van der Waals surface area (Å²) in [5.41, 5.74) is 0.700. The van der Waals surface area contributed by atoms with Crippen molar-refractivity contribution in [3.05, 3.63) is 51.1 Å². The molecule has 0 fully saturated rings. The first-order chi connectivity index (χ1) is 7.16. The quantitative estimate of drug-likeness (QED) is 0.810. The molecule has 0 saturated carbocycles. The summed E-state index contributed by atoms with van der Waals surface area (Å²) < 4.78 is 2.46. The Morgan fingerprint density at radius 3 is 2.53 bits per heavy atom. The number of nitrogens with zero attached hydrogens (tertiary/aromatic N) is 3. The monoisotopic (exact) mass is 268 g/mol. The first-order valence-corrected chi connectivity index (χ1v) is 5.10. The molecule has 2 rings (SSSR count). The molecule has 0 saturated heterocycles. The molecular weight excluding hydrogens is 260 g/mol. The number of nitrogens with two attached hydrogens (primary N) is 1. The Morgan fingerprint density at radius 1 is 1.33 bits per heavy atom. The Labute approximate surface area is 94.2 Å². The van der Waals surface area contributed by atoms with Gasteiger partial charge in [0.25, 0.3) is 0 Å². The molecule has 1 heterocycles. The van der Waals surface area contributed by atoms with Gasteiger partial charge in [-0.05, 0) is 17.7 Å². The number of halogens is 1. The third-order valence-corrected chi connectivity index (χ3v) is 2.55. The smallest absolute Gasteiger partial charge is 0.318 e. The topological polar surface area (TPSA) is 65.8 Å². The molecule has 1 aromatic carbocycles. The SMILES string of the molecule is Nn1ncn(Cc2ccc(Br)cc2)c1=O. The molecule has 0 atom stereocenters. The van der Waals surface area contributed by atoms with Crippen molar-refractivity contribution in [3.8, 4) is 0 Å². The number of benzene rings is 1. The fourth-order valence-electron chi connectivity index (χ4n) is 1.24. The summed E-state index contributed by atoms with van der Waals surface area (Å²) in [6.07, 6.45) is 1.42. The van der Waals surface area contributed by atoms with Gasteiger partial charge in [0.15, 0.2) is 0 Å². The highest BCUT2D eigenvalue weighted by Gasteiger charge is 2.02. The van der Waals surface area contributed by atoms with E-state index < -0.39 is 0 Å². The average Bonchev–Trinajstić information content (AvgIpc) is 2.53. The van der Waals surface area contributed by atoms with Crippen LogP contribution in [-0.2, 0) is 6.54 Å². The summed E-state index contributed by atoms with van der Waals surface area (Å²) in [7, 11) is 0. The van der Waals surface area contributed by atoms with Gasteiger partial charge in [-0.3, -0.25) is 4.57 Å². The highest BCUT2D eigenvalue weighted by Crippen LogP contribution is 2.10. The van der Waals surface area contributed by atoms with Crippen molar-refractivity contribution in [3.63, 3.8) is 0 Å². The van der Waals surface area contributed by atoms with Gasteiger partial charge in [0.05, 0.1) is 6.54 Å². The third kappa shape index (κ3) is 2.10. The maximum absolute atomic E-state index is 11.4. The molecule has 5 nitrogen and oxygen atoms in total. The minimum absolute atomic E-state index is 0.321. The Morgan fingerprint density at radius 2 is 2.00 bits per heavy atom. The summed E-state index contributed by atoms with van der Waals surface area (Å²) >= 11 is 3.34. The Kier molecular flexibility index (Phi) is 2.59. The van der Waals surface area contributed by atoms with Crippen LogP contribution < -0.4 is 11.5 Å². The molecular formula is C9H9BrN4O. The maximum atomic E-state index is 11.4. The maximum Gasteiger partial charge on any atom is 0.365 e. The second kappa shape index (κ2) is 3.90. The van der Waals surface area contributed by atoms with Crippen molar-refractivity contribution in [1.82, 2.24) is 14.5 Å². The highest BCUT2D eigenvalue weighted by molar-refractivity contribution is 9.10. The van der Waals surface area contributed by atoms with Crippen molar-refractivity contribution < 1.29 is 0 Å². The second-order valence-corrected chi connectivity index (χ2v) is 4.03. The lowest BCUT2D eigenvalue weighted by molar-refractivity contribution is 0.723. The van der Waals surface area contributed by atoms with Gasteiger partial charge < -0.3 is 5.84 Å². The highest BCUT2D eigenvalue weighted by atomic mass is 79.9. The zero-order valence-electron chi connectivity index (χ0n) is 7.80. The molecule has 0 aliphatic heterocycles. The van der Waals surface area contributed by atoms with Crippen LogP contribution in [0.15, 0.2) is 39.9 Å². The predicted molar refractivity (Wildman–Crippen MR) is 59.9 cm³/mol. The molecule has 0 radical (unpaired) electrons. The zero-order valence-corrected chi connectivity index (χ0v) is 9.39. The van der Waals surface area contributed by atoms with E-state index in [2.05, 4.69) is 21.0 Å². The minimum Gasteiger partial charge on any atom is -0.318 e. The Bertz CT molecular complexity index is 514. The van der Waals surface area contributed by atoms with Gasteiger partial charge in [-0.2, -0.15) is 0 Å². The average molecular weight is 269 g/mol. The zero-order chi connectivity index (χ0) is 10.8. The minimum atomic E-state index is -0.321. The van der Waals surface area contributed by atoms with Crippen LogP contribution in [0.2, 0.25) is 0 Å². The van der Waals surface area contributed by atoms with Crippen LogP contribution >= 0.6 is 15.9 Å². The van der Waals surface area contributed by atoms with E-state index in [0.29, 0.717) is 6.54 Å². The number of hydrogen-bond acceptors (Lipinski definition) is 3. The van der Waals surface area contributed by atoms with Crippen molar-refractivity contribution in [2.75, 3.05) is 5.84 Å². The Balaban J connectivity index is 2.26. The van der Waals surface area contributed by atoms with E-state index >= 15 is 0 Å². The van der Waals surface area contributed by atoms with E-state index in [1.165, 1.54) is 10.9 Å². The van der Waals surface area contributed by atoms with Crippen LogP contribution in [0.3, 0.4) is 0 Å². The van der Waals surface area contributed by atoms with E-state index in [1.54, 1.807) is 0 Å². The van der Waals surface area contributed by atoms with Crippen molar-refractivity contribution in [1.29, 1.82) is 0 Å². The molecule has 78 valence electrons. The van der Waals surface area contributed by atoms with Crippen LogP contribution in [0.5, 0.6) is 0 Å². The van der Waals surface area contributed by atoms with E-state index in [4.69, 9.17) is 5.84 Å².